The van der Waals surface area contributed by atoms with Crippen LogP contribution in [-0.4, -0.2) is 23.7 Å². The van der Waals surface area contributed by atoms with E-state index in [0.29, 0.717) is 12.5 Å². The van der Waals surface area contributed by atoms with Crippen LogP contribution in [0.25, 0.3) is 0 Å². The van der Waals surface area contributed by atoms with Crippen molar-refractivity contribution in [3.05, 3.63) is 35.9 Å². The largest absolute Gasteiger partial charge is 0.369 e. The summed E-state index contributed by atoms with van der Waals surface area (Å²) >= 11 is 0. The second-order valence-electron chi connectivity index (χ2n) is 3.58. The number of nitrogens with zero attached hydrogens (tertiary/aromatic N) is 2. The Morgan fingerprint density at radius 3 is 2.67 bits per heavy atom. The summed E-state index contributed by atoms with van der Waals surface area (Å²) in [7, 11) is 0. The fraction of sp³-hybridized carbons (Fsp3) is 0.273. The van der Waals surface area contributed by atoms with E-state index >= 15 is 0 Å². The highest BCUT2D eigenvalue weighted by molar-refractivity contribution is 5.77. The van der Waals surface area contributed by atoms with E-state index in [0.717, 1.165) is 6.42 Å². The molecule has 0 saturated heterocycles. The monoisotopic (exact) mass is 202 g/mol. The van der Waals surface area contributed by atoms with Crippen LogP contribution < -0.4 is 5.73 Å². The van der Waals surface area contributed by atoms with E-state index in [-0.39, 0.29) is 5.96 Å². The van der Waals surface area contributed by atoms with Gasteiger partial charge in [0.25, 0.3) is 0 Å². The van der Waals surface area contributed by atoms with Crippen molar-refractivity contribution >= 4 is 12.2 Å². The molecular weight excluding hydrogens is 188 g/mol. The molecular formula is C11H14N4. The van der Waals surface area contributed by atoms with Crippen LogP contribution in [0.15, 0.2) is 35.4 Å². The van der Waals surface area contributed by atoms with Crippen LogP contribution in [0.3, 0.4) is 0 Å². The van der Waals surface area contributed by atoms with Crippen LogP contribution in [0.4, 0.5) is 0 Å². The third kappa shape index (κ3) is 2.15. The first-order chi connectivity index (χ1) is 7.27. The molecule has 1 aromatic carbocycles. The predicted molar refractivity (Wildman–Crippen MR) is 60.9 cm³/mol. The maximum Gasteiger partial charge on any atom is 0.209 e. The first-order valence-corrected chi connectivity index (χ1v) is 4.98. The van der Waals surface area contributed by atoms with Gasteiger partial charge in [0.1, 0.15) is 0 Å². The lowest BCUT2D eigenvalue weighted by Crippen LogP contribution is -2.36. The molecule has 78 valence electrons. The molecule has 0 aliphatic carbocycles. The van der Waals surface area contributed by atoms with Crippen LogP contribution in [-0.2, 0) is 0 Å². The smallest absolute Gasteiger partial charge is 0.209 e. The minimum atomic E-state index is 0.0118. The average Bonchev–Trinajstić information content (AvgIpc) is 2.30. The summed E-state index contributed by atoms with van der Waals surface area (Å²) in [6.07, 6.45) is 2.81. The summed E-state index contributed by atoms with van der Waals surface area (Å²) < 4.78 is 0. The molecule has 1 aliphatic heterocycles. The van der Waals surface area contributed by atoms with Gasteiger partial charge in [-0.3, -0.25) is 5.41 Å². The Labute approximate surface area is 88.9 Å². The third-order valence-electron chi connectivity index (χ3n) is 2.54. The van der Waals surface area contributed by atoms with Gasteiger partial charge in [-0.15, -0.1) is 0 Å². The maximum atomic E-state index is 7.25. The number of hydrogen-bond acceptors (Lipinski definition) is 2. The Morgan fingerprint density at radius 1 is 1.40 bits per heavy atom. The Bertz CT molecular complexity index is 371. The van der Waals surface area contributed by atoms with Gasteiger partial charge in [0.15, 0.2) is 0 Å². The molecule has 0 fully saturated rings. The normalized spacial score (nSPS) is 20.3. The fourth-order valence-electron chi connectivity index (χ4n) is 1.69. The molecule has 1 unspecified atom stereocenters. The predicted octanol–water partition coefficient (Wildman–Crippen LogP) is 1.36. The van der Waals surface area contributed by atoms with Crippen molar-refractivity contribution < 1.29 is 0 Å². The highest BCUT2D eigenvalue weighted by atomic mass is 15.5. The van der Waals surface area contributed by atoms with Gasteiger partial charge in [0.2, 0.25) is 5.96 Å². The Balaban J connectivity index is 2.10. The number of hydrazone groups is 1. The minimum Gasteiger partial charge on any atom is -0.369 e. The number of rotatable bonds is 1. The molecule has 0 spiro atoms. The summed E-state index contributed by atoms with van der Waals surface area (Å²) in [5.74, 6) is 0.361. The highest BCUT2D eigenvalue weighted by Crippen LogP contribution is 2.20. The summed E-state index contributed by atoms with van der Waals surface area (Å²) in [6.45, 7) is 0.714. The van der Waals surface area contributed by atoms with Gasteiger partial charge in [-0.05, 0) is 12.0 Å². The number of guanidine groups is 1. The lowest BCUT2D eigenvalue weighted by atomic mass is 9.96. The molecule has 1 aliphatic rings. The van der Waals surface area contributed by atoms with Crippen molar-refractivity contribution in [3.8, 4) is 0 Å². The summed E-state index contributed by atoms with van der Waals surface area (Å²) in [6, 6.07) is 10.3. The van der Waals surface area contributed by atoms with Gasteiger partial charge in [-0.1, -0.05) is 30.3 Å². The van der Waals surface area contributed by atoms with Crippen molar-refractivity contribution in [3.63, 3.8) is 0 Å². The SMILES string of the molecule is N=C(N)N1CCC(c2ccccc2)C=N1. The topological polar surface area (TPSA) is 65.5 Å². The summed E-state index contributed by atoms with van der Waals surface area (Å²) in [5, 5.41) is 12.9. The van der Waals surface area contributed by atoms with Crippen molar-refractivity contribution in [2.24, 2.45) is 10.8 Å². The van der Waals surface area contributed by atoms with Gasteiger partial charge < -0.3 is 5.73 Å². The van der Waals surface area contributed by atoms with Crippen molar-refractivity contribution in [2.45, 2.75) is 12.3 Å². The zero-order valence-corrected chi connectivity index (χ0v) is 8.43. The Morgan fingerprint density at radius 2 is 2.13 bits per heavy atom. The number of nitrogens with one attached hydrogen (secondary N) is 1. The third-order valence-corrected chi connectivity index (χ3v) is 2.54. The minimum absolute atomic E-state index is 0.0118. The molecule has 3 N–H and O–H groups in total. The lowest BCUT2D eigenvalue weighted by Gasteiger charge is -2.24. The molecule has 4 heteroatoms. The molecule has 0 bridgehead atoms. The van der Waals surface area contributed by atoms with Gasteiger partial charge in [0, 0.05) is 18.7 Å². The van der Waals surface area contributed by atoms with Gasteiger partial charge in [0.05, 0.1) is 0 Å². The standard InChI is InChI=1S/C11H14N4/c12-11(13)15-7-6-10(8-14-15)9-4-2-1-3-5-9/h1-5,8,10H,6-7H2,(H3,12,13). The van der Waals surface area contributed by atoms with Gasteiger partial charge in [-0.25, -0.2) is 5.01 Å². The van der Waals surface area contributed by atoms with E-state index < -0.39 is 0 Å². The van der Waals surface area contributed by atoms with E-state index in [4.69, 9.17) is 11.1 Å². The van der Waals surface area contributed by atoms with Gasteiger partial charge >= 0.3 is 0 Å². The molecule has 15 heavy (non-hydrogen) atoms. The van der Waals surface area contributed by atoms with Crippen molar-refractivity contribution in [1.29, 1.82) is 5.41 Å². The zero-order valence-electron chi connectivity index (χ0n) is 8.43. The van der Waals surface area contributed by atoms with Crippen LogP contribution in [0.5, 0.6) is 0 Å². The number of nitrogens with two attached hydrogens (primary N) is 1. The molecule has 1 aromatic rings. The van der Waals surface area contributed by atoms with Crippen molar-refractivity contribution in [1.82, 2.24) is 5.01 Å². The van der Waals surface area contributed by atoms with E-state index in [1.807, 2.05) is 24.4 Å². The number of hydrogen-bond donors (Lipinski definition) is 2. The van der Waals surface area contributed by atoms with E-state index in [1.54, 1.807) is 0 Å². The van der Waals surface area contributed by atoms with Crippen LogP contribution in [0, 0.1) is 5.41 Å². The zero-order chi connectivity index (χ0) is 10.7. The highest BCUT2D eigenvalue weighted by Gasteiger charge is 2.16. The molecule has 1 atom stereocenters. The van der Waals surface area contributed by atoms with Crippen molar-refractivity contribution in [2.75, 3.05) is 6.54 Å². The molecule has 0 aromatic heterocycles. The quantitative estimate of drug-likeness (QED) is 0.533. The molecule has 4 nitrogen and oxygen atoms in total. The maximum absolute atomic E-state index is 7.25. The van der Waals surface area contributed by atoms with E-state index in [1.165, 1.54) is 10.6 Å². The molecule has 0 saturated carbocycles. The lowest BCUT2D eigenvalue weighted by molar-refractivity contribution is 0.402. The van der Waals surface area contributed by atoms with Crippen LogP contribution >= 0.6 is 0 Å². The average molecular weight is 202 g/mol. The second kappa shape index (κ2) is 4.13. The van der Waals surface area contributed by atoms with Crippen LogP contribution in [0.1, 0.15) is 17.9 Å². The Hall–Kier alpha value is -1.84. The number of benzene rings is 1. The van der Waals surface area contributed by atoms with Gasteiger partial charge in [-0.2, -0.15) is 5.10 Å². The molecule has 2 rings (SSSR count). The Kier molecular flexibility index (Phi) is 2.67. The van der Waals surface area contributed by atoms with E-state index in [2.05, 4.69) is 17.2 Å². The molecule has 1 heterocycles. The fourth-order valence-corrected chi connectivity index (χ4v) is 1.69. The first kappa shape index (κ1) is 9.71. The molecule has 0 amide bonds. The second-order valence-corrected chi connectivity index (χ2v) is 3.58. The van der Waals surface area contributed by atoms with E-state index in [9.17, 15) is 0 Å². The first-order valence-electron chi connectivity index (χ1n) is 4.98. The molecule has 0 radical (unpaired) electrons. The summed E-state index contributed by atoms with van der Waals surface area (Å²) in [4.78, 5) is 0. The van der Waals surface area contributed by atoms with Crippen LogP contribution in [0.2, 0.25) is 0 Å². The summed E-state index contributed by atoms with van der Waals surface area (Å²) in [5.41, 5.74) is 6.61.